The van der Waals surface area contributed by atoms with Gasteiger partial charge < -0.3 is 15.2 Å². The molecule has 2 aliphatic heterocycles. The van der Waals surface area contributed by atoms with E-state index in [0.717, 1.165) is 37.0 Å². The molecule has 1 amide bonds. The summed E-state index contributed by atoms with van der Waals surface area (Å²) in [5, 5.41) is 7.96. The Kier molecular flexibility index (Phi) is 4.31. The van der Waals surface area contributed by atoms with Crippen molar-refractivity contribution in [3.8, 4) is 0 Å². The molecule has 8 nitrogen and oxygen atoms in total. The molecular weight excluding hydrogens is 368 g/mol. The van der Waals surface area contributed by atoms with Gasteiger partial charge in [0, 0.05) is 43.3 Å². The summed E-state index contributed by atoms with van der Waals surface area (Å²) in [6, 6.07) is 5.86. The molecule has 152 valence electrons. The molecule has 0 unspecified atom stereocenters. The van der Waals surface area contributed by atoms with Gasteiger partial charge in [-0.2, -0.15) is 5.10 Å². The van der Waals surface area contributed by atoms with Gasteiger partial charge in [-0.25, -0.2) is 4.79 Å². The number of amides is 1. The maximum atomic E-state index is 13.1. The van der Waals surface area contributed by atoms with Crippen LogP contribution in [-0.2, 0) is 13.1 Å². The number of carbonyl (C=O) groups excluding carboxylic acids is 1. The third kappa shape index (κ3) is 2.98. The minimum absolute atomic E-state index is 0.0293. The highest BCUT2D eigenvalue weighted by Crippen LogP contribution is 2.27. The highest BCUT2D eigenvalue weighted by atomic mass is 16.2. The lowest BCUT2D eigenvalue weighted by molar-refractivity contribution is 0.0689. The first-order chi connectivity index (χ1) is 14.0. The number of hydrogen-bond acceptors (Lipinski definition) is 4. The fourth-order valence-electron chi connectivity index (χ4n) is 4.66. The fraction of sp³-hybridized carbons (Fsp3) is 0.476. The molecule has 1 aromatic carbocycles. The Balaban J connectivity index is 1.34. The van der Waals surface area contributed by atoms with Gasteiger partial charge in [-0.15, -0.1) is 0 Å². The predicted octanol–water partition coefficient (Wildman–Crippen LogP) is 2.19. The lowest BCUT2D eigenvalue weighted by Crippen LogP contribution is -2.39. The molecule has 1 fully saturated rings. The highest BCUT2D eigenvalue weighted by Gasteiger charge is 2.28. The summed E-state index contributed by atoms with van der Waals surface area (Å²) in [4.78, 5) is 30.1. The number of H-pyrrole nitrogens is 1. The summed E-state index contributed by atoms with van der Waals surface area (Å²) < 4.78 is 3.86. The first kappa shape index (κ1) is 18.2. The molecule has 1 saturated heterocycles. The van der Waals surface area contributed by atoms with Gasteiger partial charge in [-0.1, -0.05) is 0 Å². The van der Waals surface area contributed by atoms with Crippen molar-refractivity contribution >= 4 is 16.9 Å². The maximum Gasteiger partial charge on any atom is 0.326 e. The van der Waals surface area contributed by atoms with Crippen LogP contribution in [0.1, 0.15) is 60.4 Å². The van der Waals surface area contributed by atoms with E-state index in [-0.39, 0.29) is 17.6 Å². The molecule has 4 heterocycles. The van der Waals surface area contributed by atoms with Crippen molar-refractivity contribution in [1.82, 2.24) is 29.5 Å². The number of aromatic nitrogens is 4. The van der Waals surface area contributed by atoms with E-state index in [1.165, 1.54) is 11.3 Å². The van der Waals surface area contributed by atoms with Crippen LogP contribution in [0.15, 0.2) is 29.2 Å². The number of carbonyl (C=O) groups is 1. The van der Waals surface area contributed by atoms with Gasteiger partial charge in [-0.3, -0.25) is 14.0 Å². The average molecular weight is 394 g/mol. The summed E-state index contributed by atoms with van der Waals surface area (Å²) >= 11 is 0. The van der Waals surface area contributed by atoms with Crippen LogP contribution in [0.2, 0.25) is 0 Å². The van der Waals surface area contributed by atoms with Crippen molar-refractivity contribution in [3.63, 3.8) is 0 Å². The molecule has 0 spiro atoms. The molecule has 2 N–H and O–H groups in total. The normalized spacial score (nSPS) is 17.4. The minimum Gasteiger partial charge on any atom is -0.338 e. The topological polar surface area (TPSA) is 88.0 Å². The van der Waals surface area contributed by atoms with Crippen molar-refractivity contribution in [3.05, 3.63) is 51.7 Å². The van der Waals surface area contributed by atoms with Crippen LogP contribution in [0.5, 0.6) is 0 Å². The van der Waals surface area contributed by atoms with E-state index in [1.807, 2.05) is 43.1 Å². The van der Waals surface area contributed by atoms with Crippen LogP contribution >= 0.6 is 0 Å². The molecular formula is C21H26N6O2. The van der Waals surface area contributed by atoms with Crippen LogP contribution in [0.25, 0.3) is 11.0 Å². The standard InChI is InChI=1S/C21H26N6O2/c1-13(2)26-18-9-14(3-4-17(18)24-21(26)29)20(28)25-7-5-16(6-8-25)27-19-12-22-10-15(19)11-23-27/h3-4,9,11,13,16,22H,5-8,10,12H2,1-2H3,(H,24,29). The van der Waals surface area contributed by atoms with Gasteiger partial charge in [0.05, 0.1) is 29.0 Å². The number of aromatic amines is 1. The maximum absolute atomic E-state index is 13.1. The number of hydrogen-bond donors (Lipinski definition) is 2. The van der Waals surface area contributed by atoms with Gasteiger partial charge in [0.2, 0.25) is 0 Å². The van der Waals surface area contributed by atoms with Crippen molar-refractivity contribution in [2.45, 2.75) is 51.9 Å². The van der Waals surface area contributed by atoms with Gasteiger partial charge in [0.25, 0.3) is 5.91 Å². The second-order valence-corrected chi connectivity index (χ2v) is 8.31. The van der Waals surface area contributed by atoms with E-state index in [0.29, 0.717) is 24.7 Å². The molecule has 0 radical (unpaired) electrons. The van der Waals surface area contributed by atoms with Crippen LogP contribution < -0.4 is 11.0 Å². The molecule has 5 rings (SSSR count). The number of rotatable bonds is 3. The molecule has 0 aliphatic carbocycles. The summed E-state index contributed by atoms with van der Waals surface area (Å²) in [6.07, 6.45) is 3.78. The van der Waals surface area contributed by atoms with E-state index in [4.69, 9.17) is 0 Å². The molecule has 0 atom stereocenters. The third-order valence-electron chi connectivity index (χ3n) is 6.17. The Hall–Kier alpha value is -2.87. The van der Waals surface area contributed by atoms with E-state index < -0.39 is 0 Å². The minimum atomic E-state index is -0.137. The molecule has 2 aromatic heterocycles. The average Bonchev–Trinajstić information content (AvgIpc) is 3.40. The summed E-state index contributed by atoms with van der Waals surface area (Å²) in [5.74, 6) is 0.0293. The number of likely N-dealkylation sites (tertiary alicyclic amines) is 1. The molecule has 8 heteroatoms. The number of benzene rings is 1. The molecule has 0 saturated carbocycles. The lowest BCUT2D eigenvalue weighted by Gasteiger charge is -2.32. The van der Waals surface area contributed by atoms with Crippen LogP contribution in [0.3, 0.4) is 0 Å². The molecule has 29 heavy (non-hydrogen) atoms. The highest BCUT2D eigenvalue weighted by molar-refractivity contribution is 5.97. The fourth-order valence-corrected chi connectivity index (χ4v) is 4.66. The van der Waals surface area contributed by atoms with Gasteiger partial charge >= 0.3 is 5.69 Å². The van der Waals surface area contributed by atoms with Crippen molar-refractivity contribution < 1.29 is 4.79 Å². The number of fused-ring (bicyclic) bond motifs is 2. The van der Waals surface area contributed by atoms with E-state index >= 15 is 0 Å². The quantitative estimate of drug-likeness (QED) is 0.713. The SMILES string of the molecule is CC(C)n1c(=O)[nH]c2ccc(C(=O)N3CCC(n4ncc5c4CNC5)CC3)cc21. The Bertz CT molecular complexity index is 1130. The first-order valence-electron chi connectivity index (χ1n) is 10.3. The number of nitrogens with zero attached hydrogens (tertiary/aromatic N) is 4. The van der Waals surface area contributed by atoms with Gasteiger partial charge in [0.1, 0.15) is 0 Å². The monoisotopic (exact) mass is 394 g/mol. The largest absolute Gasteiger partial charge is 0.338 e. The second kappa shape index (κ2) is 6.88. The van der Waals surface area contributed by atoms with Crippen LogP contribution in [0.4, 0.5) is 0 Å². The number of imidazole rings is 1. The van der Waals surface area contributed by atoms with Crippen LogP contribution in [-0.4, -0.2) is 43.2 Å². The van der Waals surface area contributed by atoms with Gasteiger partial charge in [-0.05, 0) is 44.9 Å². The number of piperidine rings is 1. The van der Waals surface area contributed by atoms with Crippen molar-refractivity contribution in [2.75, 3.05) is 13.1 Å². The Morgan fingerprint density at radius 3 is 2.76 bits per heavy atom. The predicted molar refractivity (Wildman–Crippen MR) is 110 cm³/mol. The zero-order chi connectivity index (χ0) is 20.1. The summed E-state index contributed by atoms with van der Waals surface area (Å²) in [5.41, 5.74) is 4.62. The van der Waals surface area contributed by atoms with Gasteiger partial charge in [0.15, 0.2) is 0 Å². The van der Waals surface area contributed by atoms with Crippen molar-refractivity contribution in [1.29, 1.82) is 0 Å². The smallest absolute Gasteiger partial charge is 0.326 e. The zero-order valence-corrected chi connectivity index (χ0v) is 16.8. The summed E-state index contributed by atoms with van der Waals surface area (Å²) in [6.45, 7) is 7.14. The first-order valence-corrected chi connectivity index (χ1v) is 10.3. The molecule has 2 aliphatic rings. The van der Waals surface area contributed by atoms with Crippen molar-refractivity contribution in [2.24, 2.45) is 0 Å². The lowest BCUT2D eigenvalue weighted by atomic mass is 10.0. The van der Waals surface area contributed by atoms with E-state index in [2.05, 4.69) is 20.1 Å². The second-order valence-electron chi connectivity index (χ2n) is 8.31. The Labute approximate surface area is 168 Å². The van der Waals surface area contributed by atoms with E-state index in [9.17, 15) is 9.59 Å². The number of nitrogens with one attached hydrogen (secondary N) is 2. The zero-order valence-electron chi connectivity index (χ0n) is 16.8. The van der Waals surface area contributed by atoms with E-state index in [1.54, 1.807) is 4.57 Å². The summed E-state index contributed by atoms with van der Waals surface area (Å²) in [7, 11) is 0. The van der Waals surface area contributed by atoms with Crippen LogP contribution in [0, 0.1) is 0 Å². The Morgan fingerprint density at radius 2 is 2.00 bits per heavy atom. The third-order valence-corrected chi connectivity index (χ3v) is 6.17. The molecule has 3 aromatic rings. The molecule has 0 bridgehead atoms. The Morgan fingerprint density at radius 1 is 1.21 bits per heavy atom.